The van der Waals surface area contributed by atoms with E-state index in [0.717, 1.165) is 5.56 Å². The van der Waals surface area contributed by atoms with Crippen molar-refractivity contribution in [2.24, 2.45) is 0 Å². The zero-order valence-corrected chi connectivity index (χ0v) is 14.2. The molecule has 0 atom stereocenters. The number of aryl methyl sites for hydroxylation is 1. The van der Waals surface area contributed by atoms with Crippen molar-refractivity contribution < 1.29 is 23.8 Å². The van der Waals surface area contributed by atoms with E-state index in [-0.39, 0.29) is 5.76 Å². The summed E-state index contributed by atoms with van der Waals surface area (Å²) in [6.45, 7) is 1.81. The molecule has 0 spiro atoms. The molecule has 0 amide bonds. The third-order valence-electron chi connectivity index (χ3n) is 3.49. The second kappa shape index (κ2) is 8.01. The van der Waals surface area contributed by atoms with Gasteiger partial charge in [0.15, 0.2) is 0 Å². The summed E-state index contributed by atoms with van der Waals surface area (Å²) in [6.07, 6.45) is 1.40. The fourth-order valence-electron chi connectivity index (χ4n) is 2.16. The summed E-state index contributed by atoms with van der Waals surface area (Å²) in [7, 11) is 2.70. The number of hydrogen-bond acceptors (Lipinski definition) is 6. The molecule has 2 aromatic rings. The maximum Gasteiger partial charge on any atom is 0.374 e. The summed E-state index contributed by atoms with van der Waals surface area (Å²) in [5.41, 5.74) is 8.09. The van der Waals surface area contributed by atoms with Crippen molar-refractivity contribution in [1.29, 1.82) is 0 Å². The van der Waals surface area contributed by atoms with Gasteiger partial charge in [-0.2, -0.15) is 0 Å². The van der Waals surface area contributed by atoms with Gasteiger partial charge >= 0.3 is 11.9 Å². The average molecular weight is 341 g/mol. The fraction of sp³-hybridized carbons (Fsp3) is 0.158. The van der Waals surface area contributed by atoms with Gasteiger partial charge in [0, 0.05) is 0 Å². The standard InChI is InChI=1S/C19H19NO5/c1-12-9-13(10-15(23-2)17(12)20)11-16(19(22)24-3)25-18(21)14-7-5-4-6-8-14/h4-11H,20H2,1-3H3/b16-11+. The minimum absolute atomic E-state index is 0.234. The summed E-state index contributed by atoms with van der Waals surface area (Å²) in [5, 5.41) is 0. The molecule has 0 bridgehead atoms. The SMILES string of the molecule is COC(=O)/C(=C\c1cc(C)c(N)c(OC)c1)OC(=O)c1ccccc1. The highest BCUT2D eigenvalue weighted by Gasteiger charge is 2.18. The van der Waals surface area contributed by atoms with E-state index in [1.807, 2.05) is 6.92 Å². The van der Waals surface area contributed by atoms with Crippen LogP contribution in [0.1, 0.15) is 21.5 Å². The molecule has 2 rings (SSSR count). The lowest BCUT2D eigenvalue weighted by atomic mass is 10.1. The quantitative estimate of drug-likeness (QED) is 0.389. The number of esters is 2. The number of benzene rings is 2. The van der Waals surface area contributed by atoms with E-state index >= 15 is 0 Å². The zero-order valence-electron chi connectivity index (χ0n) is 14.2. The molecule has 0 heterocycles. The topological polar surface area (TPSA) is 87.8 Å². The van der Waals surface area contributed by atoms with Gasteiger partial charge in [-0.15, -0.1) is 0 Å². The molecule has 0 aromatic heterocycles. The first-order chi connectivity index (χ1) is 12.0. The summed E-state index contributed by atoms with van der Waals surface area (Å²) >= 11 is 0. The minimum atomic E-state index is -0.766. The van der Waals surface area contributed by atoms with E-state index in [4.69, 9.17) is 19.9 Å². The van der Waals surface area contributed by atoms with Crippen molar-refractivity contribution in [3.63, 3.8) is 0 Å². The van der Waals surface area contributed by atoms with Crippen LogP contribution in [0, 0.1) is 6.92 Å². The van der Waals surface area contributed by atoms with Crippen LogP contribution in [0.3, 0.4) is 0 Å². The van der Waals surface area contributed by atoms with Crippen molar-refractivity contribution in [1.82, 2.24) is 0 Å². The van der Waals surface area contributed by atoms with Crippen LogP contribution in [0.15, 0.2) is 48.2 Å². The molecular formula is C19H19NO5. The van der Waals surface area contributed by atoms with Gasteiger partial charge in [-0.05, 0) is 48.4 Å². The van der Waals surface area contributed by atoms with Gasteiger partial charge < -0.3 is 19.9 Å². The predicted octanol–water partition coefficient (Wildman–Crippen LogP) is 2.96. The van der Waals surface area contributed by atoms with Gasteiger partial charge in [-0.1, -0.05) is 18.2 Å². The number of methoxy groups -OCH3 is 2. The minimum Gasteiger partial charge on any atom is -0.495 e. The second-order valence-corrected chi connectivity index (χ2v) is 5.21. The molecular weight excluding hydrogens is 322 g/mol. The second-order valence-electron chi connectivity index (χ2n) is 5.21. The van der Waals surface area contributed by atoms with Crippen LogP contribution in [-0.2, 0) is 14.3 Å². The van der Waals surface area contributed by atoms with Gasteiger partial charge in [0.25, 0.3) is 0 Å². The summed E-state index contributed by atoms with van der Waals surface area (Å²) in [6, 6.07) is 11.7. The largest absolute Gasteiger partial charge is 0.495 e. The molecule has 2 aromatic carbocycles. The Morgan fingerprint density at radius 1 is 1.08 bits per heavy atom. The number of anilines is 1. The van der Waals surface area contributed by atoms with E-state index in [1.165, 1.54) is 20.3 Å². The van der Waals surface area contributed by atoms with Gasteiger partial charge in [-0.3, -0.25) is 0 Å². The Morgan fingerprint density at radius 3 is 2.36 bits per heavy atom. The molecule has 6 heteroatoms. The smallest absolute Gasteiger partial charge is 0.374 e. The van der Waals surface area contributed by atoms with Crippen LogP contribution in [0.5, 0.6) is 5.75 Å². The van der Waals surface area contributed by atoms with Crippen LogP contribution in [0.4, 0.5) is 5.69 Å². The van der Waals surface area contributed by atoms with E-state index in [0.29, 0.717) is 22.6 Å². The lowest BCUT2D eigenvalue weighted by molar-refractivity contribution is -0.139. The van der Waals surface area contributed by atoms with E-state index in [9.17, 15) is 9.59 Å². The highest BCUT2D eigenvalue weighted by molar-refractivity contribution is 5.98. The molecule has 0 saturated carbocycles. The van der Waals surface area contributed by atoms with Crippen molar-refractivity contribution in [3.8, 4) is 5.75 Å². The summed E-state index contributed by atoms with van der Waals surface area (Å²) in [4.78, 5) is 24.2. The average Bonchev–Trinajstić information content (AvgIpc) is 2.63. The highest BCUT2D eigenvalue weighted by atomic mass is 16.6. The normalized spacial score (nSPS) is 10.9. The van der Waals surface area contributed by atoms with Gasteiger partial charge in [0.1, 0.15) is 5.75 Å². The summed E-state index contributed by atoms with van der Waals surface area (Å²) < 4.78 is 15.1. The molecule has 0 unspecified atom stereocenters. The Balaban J connectivity index is 2.38. The van der Waals surface area contributed by atoms with Crippen molar-refractivity contribution in [2.45, 2.75) is 6.92 Å². The highest BCUT2D eigenvalue weighted by Crippen LogP contribution is 2.28. The van der Waals surface area contributed by atoms with Crippen molar-refractivity contribution >= 4 is 23.7 Å². The number of hydrogen-bond donors (Lipinski definition) is 1. The number of nitrogens with two attached hydrogens (primary N) is 1. The number of rotatable bonds is 5. The first-order valence-electron chi connectivity index (χ1n) is 7.47. The number of carbonyl (C=O) groups is 2. The lowest BCUT2D eigenvalue weighted by Gasteiger charge is -2.10. The Morgan fingerprint density at radius 2 is 1.76 bits per heavy atom. The number of carbonyl (C=O) groups excluding carboxylic acids is 2. The Labute approximate surface area is 145 Å². The molecule has 2 N–H and O–H groups in total. The molecule has 130 valence electrons. The Bertz CT molecular complexity index is 812. The van der Waals surface area contributed by atoms with Gasteiger partial charge in [-0.25, -0.2) is 9.59 Å². The van der Waals surface area contributed by atoms with Crippen LogP contribution in [0.25, 0.3) is 6.08 Å². The van der Waals surface area contributed by atoms with E-state index in [2.05, 4.69) is 0 Å². The first-order valence-corrected chi connectivity index (χ1v) is 7.47. The summed E-state index contributed by atoms with van der Waals surface area (Å²) in [5.74, 6) is -1.19. The maximum absolute atomic E-state index is 12.2. The third-order valence-corrected chi connectivity index (χ3v) is 3.49. The molecule has 0 aliphatic carbocycles. The molecule has 25 heavy (non-hydrogen) atoms. The molecule has 0 aliphatic heterocycles. The van der Waals surface area contributed by atoms with E-state index < -0.39 is 11.9 Å². The van der Waals surface area contributed by atoms with Gasteiger partial charge in [0.05, 0.1) is 25.5 Å². The molecule has 0 saturated heterocycles. The Hall–Kier alpha value is -3.28. The first kappa shape index (κ1) is 18.1. The molecule has 0 radical (unpaired) electrons. The molecule has 0 aliphatic rings. The van der Waals surface area contributed by atoms with Crippen LogP contribution in [0.2, 0.25) is 0 Å². The molecule has 0 fully saturated rings. The third kappa shape index (κ3) is 4.38. The monoisotopic (exact) mass is 341 g/mol. The van der Waals surface area contributed by atoms with Crippen molar-refractivity contribution in [2.75, 3.05) is 20.0 Å². The number of nitrogen functional groups attached to an aromatic ring is 1. The Kier molecular flexibility index (Phi) is 5.79. The van der Waals surface area contributed by atoms with Crippen LogP contribution >= 0.6 is 0 Å². The molecule has 6 nitrogen and oxygen atoms in total. The predicted molar refractivity (Wildman–Crippen MR) is 94.0 cm³/mol. The van der Waals surface area contributed by atoms with E-state index in [1.54, 1.807) is 42.5 Å². The lowest BCUT2D eigenvalue weighted by Crippen LogP contribution is -2.13. The zero-order chi connectivity index (χ0) is 18.4. The van der Waals surface area contributed by atoms with Crippen LogP contribution in [-0.4, -0.2) is 26.2 Å². The number of ether oxygens (including phenoxy) is 3. The van der Waals surface area contributed by atoms with Crippen LogP contribution < -0.4 is 10.5 Å². The van der Waals surface area contributed by atoms with Gasteiger partial charge in [0.2, 0.25) is 5.76 Å². The van der Waals surface area contributed by atoms with Crippen molar-refractivity contribution in [3.05, 3.63) is 64.9 Å². The maximum atomic E-state index is 12.2. The fourth-order valence-corrected chi connectivity index (χ4v) is 2.16.